The van der Waals surface area contributed by atoms with E-state index in [-0.39, 0.29) is 16.1 Å². The standard InChI is InChI=1S/C12H17N3O3S2/c1-6-5-15(3-4-19-6)11-7(10(14)16)8(13)9(20-11)12(17)18-2/h6H,3-5,13H2,1-2H3,(H2,14,16). The zero-order chi connectivity index (χ0) is 14.9. The van der Waals surface area contributed by atoms with E-state index in [0.29, 0.717) is 10.3 Å². The van der Waals surface area contributed by atoms with Crippen LogP contribution in [0.4, 0.5) is 10.7 Å². The molecule has 2 heterocycles. The summed E-state index contributed by atoms with van der Waals surface area (Å²) < 4.78 is 4.69. The summed E-state index contributed by atoms with van der Waals surface area (Å²) in [6.07, 6.45) is 0. The molecule has 1 aliphatic rings. The van der Waals surface area contributed by atoms with Crippen molar-refractivity contribution in [3.05, 3.63) is 10.4 Å². The molecule has 1 amide bonds. The summed E-state index contributed by atoms with van der Waals surface area (Å²) in [5.74, 6) is -0.194. The first-order chi connectivity index (χ1) is 9.45. The number of thiophene rings is 1. The highest BCUT2D eigenvalue weighted by Gasteiger charge is 2.29. The van der Waals surface area contributed by atoms with Crippen LogP contribution in [0, 0.1) is 0 Å². The number of carbonyl (C=O) groups excluding carboxylic acids is 2. The average molecular weight is 315 g/mol. The van der Waals surface area contributed by atoms with Crippen LogP contribution >= 0.6 is 23.1 Å². The summed E-state index contributed by atoms with van der Waals surface area (Å²) in [5, 5.41) is 1.12. The maximum Gasteiger partial charge on any atom is 0.350 e. The second-order valence-corrected chi connectivity index (χ2v) is 7.05. The lowest BCUT2D eigenvalue weighted by Crippen LogP contribution is -2.37. The fourth-order valence-electron chi connectivity index (χ4n) is 2.14. The number of thioether (sulfide) groups is 1. The Kier molecular flexibility index (Phi) is 4.44. The highest BCUT2D eigenvalue weighted by molar-refractivity contribution is 8.00. The molecule has 1 fully saturated rings. The van der Waals surface area contributed by atoms with Gasteiger partial charge in [0.2, 0.25) is 0 Å². The molecular formula is C12H17N3O3S2. The summed E-state index contributed by atoms with van der Waals surface area (Å²) in [7, 11) is 1.28. The topological polar surface area (TPSA) is 98.6 Å². The number of anilines is 2. The van der Waals surface area contributed by atoms with Crippen molar-refractivity contribution in [1.82, 2.24) is 0 Å². The molecule has 20 heavy (non-hydrogen) atoms. The minimum atomic E-state index is -0.616. The minimum Gasteiger partial charge on any atom is -0.465 e. The van der Waals surface area contributed by atoms with Gasteiger partial charge in [-0.1, -0.05) is 6.92 Å². The first kappa shape index (κ1) is 15.0. The Labute approximate surface area is 125 Å². The predicted molar refractivity (Wildman–Crippen MR) is 82.7 cm³/mol. The number of nitrogens with zero attached hydrogens (tertiary/aromatic N) is 1. The van der Waals surface area contributed by atoms with Gasteiger partial charge in [-0.3, -0.25) is 4.79 Å². The van der Waals surface area contributed by atoms with Crippen LogP contribution in [0.3, 0.4) is 0 Å². The number of rotatable bonds is 3. The van der Waals surface area contributed by atoms with Gasteiger partial charge >= 0.3 is 5.97 Å². The Bertz CT molecular complexity index is 544. The molecule has 6 nitrogen and oxygen atoms in total. The number of nitrogen functional groups attached to an aromatic ring is 1. The summed E-state index contributed by atoms with van der Waals surface area (Å²) in [5.41, 5.74) is 11.7. The molecule has 0 bridgehead atoms. The number of carbonyl (C=O) groups is 2. The molecule has 1 aromatic heterocycles. The van der Waals surface area contributed by atoms with Crippen LogP contribution in [0.5, 0.6) is 0 Å². The number of ether oxygens (including phenoxy) is 1. The number of amides is 1. The monoisotopic (exact) mass is 315 g/mol. The van der Waals surface area contributed by atoms with E-state index in [9.17, 15) is 9.59 Å². The number of hydrogen-bond acceptors (Lipinski definition) is 7. The highest BCUT2D eigenvalue weighted by atomic mass is 32.2. The second kappa shape index (κ2) is 5.92. The molecule has 0 aromatic carbocycles. The smallest absolute Gasteiger partial charge is 0.350 e. The van der Waals surface area contributed by atoms with Crippen LogP contribution in [0.25, 0.3) is 0 Å². The van der Waals surface area contributed by atoms with Crippen molar-refractivity contribution in [1.29, 1.82) is 0 Å². The first-order valence-electron chi connectivity index (χ1n) is 6.12. The van der Waals surface area contributed by atoms with Gasteiger partial charge in [0.1, 0.15) is 9.88 Å². The molecule has 110 valence electrons. The van der Waals surface area contributed by atoms with Crippen molar-refractivity contribution >= 4 is 45.7 Å². The van der Waals surface area contributed by atoms with E-state index in [4.69, 9.17) is 16.2 Å². The van der Waals surface area contributed by atoms with Crippen LogP contribution in [0.15, 0.2) is 0 Å². The van der Waals surface area contributed by atoms with E-state index < -0.39 is 11.9 Å². The maximum atomic E-state index is 11.7. The Morgan fingerprint density at radius 1 is 1.45 bits per heavy atom. The lowest BCUT2D eigenvalue weighted by atomic mass is 10.2. The Balaban J connectivity index is 2.45. The molecule has 1 aromatic rings. The van der Waals surface area contributed by atoms with E-state index in [1.165, 1.54) is 18.4 Å². The zero-order valence-electron chi connectivity index (χ0n) is 11.3. The van der Waals surface area contributed by atoms with Crippen LogP contribution in [-0.2, 0) is 4.74 Å². The summed E-state index contributed by atoms with van der Waals surface area (Å²) in [6.45, 7) is 3.72. The number of primary amides is 1. The number of nitrogens with two attached hydrogens (primary N) is 2. The molecule has 1 aliphatic heterocycles. The minimum absolute atomic E-state index is 0.121. The lowest BCUT2D eigenvalue weighted by Gasteiger charge is -2.31. The molecule has 0 radical (unpaired) electrons. The van der Waals surface area contributed by atoms with E-state index in [1.807, 2.05) is 11.8 Å². The average Bonchev–Trinajstić information content (AvgIpc) is 2.75. The van der Waals surface area contributed by atoms with Gasteiger partial charge < -0.3 is 21.1 Å². The third kappa shape index (κ3) is 2.71. The van der Waals surface area contributed by atoms with Crippen molar-refractivity contribution in [3.8, 4) is 0 Å². The summed E-state index contributed by atoms with van der Waals surface area (Å²) >= 11 is 3.05. The van der Waals surface area contributed by atoms with Crippen LogP contribution in [-0.4, -0.2) is 43.1 Å². The molecule has 1 saturated heterocycles. The fraction of sp³-hybridized carbons (Fsp3) is 0.500. The SMILES string of the molecule is COC(=O)c1sc(N2CCSC(C)C2)c(C(N)=O)c1N. The van der Waals surface area contributed by atoms with Crippen molar-refractivity contribution in [2.24, 2.45) is 5.73 Å². The zero-order valence-corrected chi connectivity index (χ0v) is 13.0. The van der Waals surface area contributed by atoms with Crippen molar-refractivity contribution < 1.29 is 14.3 Å². The normalized spacial score (nSPS) is 18.9. The van der Waals surface area contributed by atoms with Gasteiger partial charge in [0.05, 0.1) is 18.4 Å². The molecule has 8 heteroatoms. The van der Waals surface area contributed by atoms with E-state index >= 15 is 0 Å². The maximum absolute atomic E-state index is 11.7. The Morgan fingerprint density at radius 3 is 2.70 bits per heavy atom. The second-order valence-electron chi connectivity index (χ2n) is 4.51. The predicted octanol–water partition coefficient (Wildman–Crippen LogP) is 1.16. The quantitative estimate of drug-likeness (QED) is 0.812. The number of methoxy groups -OCH3 is 1. The molecule has 1 atom stereocenters. The van der Waals surface area contributed by atoms with Crippen molar-refractivity contribution in [2.75, 3.05) is 36.6 Å². The number of esters is 1. The third-order valence-electron chi connectivity index (χ3n) is 3.07. The first-order valence-corrected chi connectivity index (χ1v) is 7.99. The van der Waals surface area contributed by atoms with Crippen LogP contribution in [0.1, 0.15) is 27.0 Å². The van der Waals surface area contributed by atoms with Crippen LogP contribution < -0.4 is 16.4 Å². The van der Waals surface area contributed by atoms with Gasteiger partial charge in [0.15, 0.2) is 0 Å². The van der Waals surface area contributed by atoms with Crippen molar-refractivity contribution in [3.63, 3.8) is 0 Å². The molecular weight excluding hydrogens is 298 g/mol. The molecule has 1 unspecified atom stereocenters. The highest BCUT2D eigenvalue weighted by Crippen LogP contribution is 2.39. The largest absolute Gasteiger partial charge is 0.465 e. The molecule has 0 aliphatic carbocycles. The van der Waals surface area contributed by atoms with Gasteiger partial charge in [-0.2, -0.15) is 11.8 Å². The molecule has 0 spiro atoms. The third-order valence-corrected chi connectivity index (χ3v) is 5.45. The fourth-order valence-corrected chi connectivity index (χ4v) is 4.33. The number of hydrogen-bond donors (Lipinski definition) is 2. The summed E-state index contributed by atoms with van der Waals surface area (Å²) in [4.78, 5) is 25.7. The lowest BCUT2D eigenvalue weighted by molar-refractivity contribution is 0.0607. The molecule has 2 rings (SSSR count). The Morgan fingerprint density at radius 2 is 2.15 bits per heavy atom. The molecule has 0 saturated carbocycles. The summed E-state index contributed by atoms with van der Waals surface area (Å²) in [6, 6.07) is 0. The van der Waals surface area contributed by atoms with Crippen molar-refractivity contribution in [2.45, 2.75) is 12.2 Å². The van der Waals surface area contributed by atoms with Gasteiger partial charge in [-0.15, -0.1) is 11.3 Å². The van der Waals surface area contributed by atoms with Gasteiger partial charge in [-0.25, -0.2) is 4.79 Å². The van der Waals surface area contributed by atoms with Crippen LogP contribution in [0.2, 0.25) is 0 Å². The molecule has 4 N–H and O–H groups in total. The van der Waals surface area contributed by atoms with Gasteiger partial charge in [0.25, 0.3) is 5.91 Å². The van der Waals surface area contributed by atoms with Gasteiger partial charge in [-0.05, 0) is 0 Å². The van der Waals surface area contributed by atoms with E-state index in [1.54, 1.807) is 0 Å². The van der Waals surface area contributed by atoms with E-state index in [2.05, 4.69) is 11.8 Å². The van der Waals surface area contributed by atoms with E-state index in [0.717, 1.165) is 18.8 Å². The Hall–Kier alpha value is -1.41. The van der Waals surface area contributed by atoms with Gasteiger partial charge in [0, 0.05) is 24.1 Å².